The molecule has 0 radical (unpaired) electrons. The van der Waals surface area contributed by atoms with E-state index in [9.17, 15) is 14.3 Å². The molecule has 1 heterocycles. The number of carbonyl (C=O) groups is 1. The number of allylic oxidation sites excluding steroid dienone is 1. The molecular formula is C24H24FNO4. The molecule has 0 aliphatic rings. The molecule has 5 nitrogen and oxygen atoms in total. The summed E-state index contributed by atoms with van der Waals surface area (Å²) in [5, 5.41) is 10.2. The highest BCUT2D eigenvalue weighted by Gasteiger charge is 2.33. The summed E-state index contributed by atoms with van der Waals surface area (Å²) in [4.78, 5) is 12.3. The van der Waals surface area contributed by atoms with Crippen LogP contribution < -0.4 is 10.5 Å². The summed E-state index contributed by atoms with van der Waals surface area (Å²) < 4.78 is 24.1. The predicted octanol–water partition coefficient (Wildman–Crippen LogP) is 4.36. The molecule has 3 rings (SSSR count). The molecule has 30 heavy (non-hydrogen) atoms. The highest BCUT2D eigenvalue weighted by atomic mass is 19.1. The van der Waals surface area contributed by atoms with Crippen LogP contribution in [0.3, 0.4) is 0 Å². The highest BCUT2D eigenvalue weighted by Crippen LogP contribution is 2.23. The number of ketones is 1. The van der Waals surface area contributed by atoms with Crippen LogP contribution in [0, 0.1) is 5.82 Å². The molecule has 156 valence electrons. The van der Waals surface area contributed by atoms with Crippen molar-refractivity contribution in [2.75, 3.05) is 0 Å². The van der Waals surface area contributed by atoms with Crippen LogP contribution in [0.4, 0.5) is 4.39 Å². The van der Waals surface area contributed by atoms with Crippen molar-refractivity contribution in [3.05, 3.63) is 95.7 Å². The quantitative estimate of drug-likeness (QED) is 0.312. The molecule has 0 bridgehead atoms. The largest absolute Gasteiger partial charge is 0.470 e. The van der Waals surface area contributed by atoms with E-state index < -0.39 is 11.8 Å². The summed E-state index contributed by atoms with van der Waals surface area (Å²) >= 11 is 0. The van der Waals surface area contributed by atoms with Gasteiger partial charge in [0, 0.05) is 12.0 Å². The van der Waals surface area contributed by atoms with Crippen LogP contribution in [0.5, 0.6) is 5.75 Å². The minimum Gasteiger partial charge on any atom is -0.470 e. The topological polar surface area (TPSA) is 85.7 Å². The minimum atomic E-state index is -1.33. The maximum atomic E-state index is 13.1. The van der Waals surface area contributed by atoms with E-state index in [4.69, 9.17) is 14.9 Å². The number of carbonyl (C=O) groups excluding carboxylic acids is 1. The normalized spacial score (nSPS) is 14.4. The van der Waals surface area contributed by atoms with Crippen molar-refractivity contribution in [3.8, 4) is 5.75 Å². The van der Waals surface area contributed by atoms with Gasteiger partial charge in [0.1, 0.15) is 23.4 Å². The van der Waals surface area contributed by atoms with E-state index >= 15 is 0 Å². The monoisotopic (exact) mass is 409 g/mol. The molecule has 2 unspecified atom stereocenters. The summed E-state index contributed by atoms with van der Waals surface area (Å²) in [7, 11) is 0. The molecule has 3 aromatic rings. The van der Waals surface area contributed by atoms with E-state index in [0.29, 0.717) is 29.9 Å². The number of furan rings is 1. The number of ether oxygens (including phenoxy) is 1. The Morgan fingerprint density at radius 1 is 1.20 bits per heavy atom. The van der Waals surface area contributed by atoms with Crippen molar-refractivity contribution in [1.82, 2.24) is 0 Å². The third-order valence-electron chi connectivity index (χ3n) is 4.81. The highest BCUT2D eigenvalue weighted by molar-refractivity contribution is 6.06. The lowest BCUT2D eigenvalue weighted by molar-refractivity contribution is -0.0464. The van der Waals surface area contributed by atoms with E-state index in [1.165, 1.54) is 24.5 Å². The van der Waals surface area contributed by atoms with Gasteiger partial charge < -0.3 is 14.3 Å². The maximum absolute atomic E-state index is 13.1. The number of hydrogen-bond acceptors (Lipinski definition) is 5. The van der Waals surface area contributed by atoms with Gasteiger partial charge in [-0.05, 0) is 79.6 Å². The Morgan fingerprint density at radius 2 is 1.90 bits per heavy atom. The van der Waals surface area contributed by atoms with Crippen LogP contribution in [0.25, 0.3) is 6.08 Å². The second-order valence-corrected chi connectivity index (χ2v) is 7.10. The van der Waals surface area contributed by atoms with E-state index in [0.717, 1.165) is 5.56 Å². The predicted molar refractivity (Wildman–Crippen MR) is 112 cm³/mol. The first kappa shape index (κ1) is 21.5. The number of halogens is 1. The summed E-state index contributed by atoms with van der Waals surface area (Å²) in [5.74, 6) is 0.542. The van der Waals surface area contributed by atoms with Gasteiger partial charge in [0.25, 0.3) is 0 Å². The molecule has 3 N–H and O–H groups in total. The Labute approximate surface area is 174 Å². The summed E-state index contributed by atoms with van der Waals surface area (Å²) in [6.07, 6.45) is 4.45. The Hall–Kier alpha value is -3.22. The fourth-order valence-electron chi connectivity index (χ4n) is 2.88. The third kappa shape index (κ3) is 5.65. The van der Waals surface area contributed by atoms with Crippen molar-refractivity contribution >= 4 is 11.9 Å². The van der Waals surface area contributed by atoms with Crippen LogP contribution in [0.2, 0.25) is 0 Å². The van der Waals surface area contributed by atoms with Crippen LogP contribution in [0.15, 0.2) is 77.4 Å². The molecule has 0 spiro atoms. The van der Waals surface area contributed by atoms with Crippen molar-refractivity contribution in [2.45, 2.75) is 31.6 Å². The number of nitrogens with two attached hydrogens (primary N) is 1. The second-order valence-electron chi connectivity index (χ2n) is 7.10. The van der Waals surface area contributed by atoms with Crippen LogP contribution in [-0.2, 0) is 6.42 Å². The van der Waals surface area contributed by atoms with E-state index in [-0.39, 0.29) is 11.6 Å². The van der Waals surface area contributed by atoms with Gasteiger partial charge in [-0.25, -0.2) is 4.39 Å². The first-order valence-electron chi connectivity index (χ1n) is 9.62. The first-order chi connectivity index (χ1) is 14.4. The number of aryl methyl sites for hydroxylation is 1. The molecule has 0 aliphatic carbocycles. The van der Waals surface area contributed by atoms with Crippen LogP contribution in [0.1, 0.15) is 35.0 Å². The standard InChI is InChI=1S/C24H24FNO4/c1-17(27)24(26,15-14-18-4-8-20(25)9-5-18)30-22-10-6-19(7-11-22)23(28)13-12-21-3-2-16-29-21/h2-13,16-17,27H,14-15,26H2,1H3/b13-12+. The molecule has 2 aromatic carbocycles. The first-order valence-corrected chi connectivity index (χ1v) is 9.62. The lowest BCUT2D eigenvalue weighted by Gasteiger charge is -2.33. The zero-order chi connectivity index (χ0) is 21.6. The molecule has 0 amide bonds. The van der Waals surface area contributed by atoms with Gasteiger partial charge in [-0.3, -0.25) is 10.5 Å². The zero-order valence-electron chi connectivity index (χ0n) is 16.6. The Morgan fingerprint density at radius 3 is 2.50 bits per heavy atom. The molecule has 2 atom stereocenters. The number of benzene rings is 2. The van der Waals surface area contributed by atoms with Gasteiger partial charge in [-0.2, -0.15) is 0 Å². The van der Waals surface area contributed by atoms with E-state index in [1.54, 1.807) is 61.5 Å². The van der Waals surface area contributed by atoms with Gasteiger partial charge in [0.15, 0.2) is 11.5 Å². The van der Waals surface area contributed by atoms with Crippen molar-refractivity contribution in [2.24, 2.45) is 5.73 Å². The van der Waals surface area contributed by atoms with Gasteiger partial charge in [-0.15, -0.1) is 0 Å². The molecule has 1 aromatic heterocycles. The van der Waals surface area contributed by atoms with Crippen molar-refractivity contribution < 1.29 is 23.4 Å². The van der Waals surface area contributed by atoms with Crippen molar-refractivity contribution in [1.29, 1.82) is 0 Å². The van der Waals surface area contributed by atoms with Gasteiger partial charge in [0.2, 0.25) is 0 Å². The van der Waals surface area contributed by atoms with E-state index in [2.05, 4.69) is 0 Å². The average molecular weight is 409 g/mol. The second kappa shape index (κ2) is 9.52. The Kier molecular flexibility index (Phi) is 6.82. The third-order valence-corrected chi connectivity index (χ3v) is 4.81. The van der Waals surface area contributed by atoms with E-state index in [1.807, 2.05) is 0 Å². The maximum Gasteiger partial charge on any atom is 0.185 e. The van der Waals surface area contributed by atoms with Crippen LogP contribution in [-0.4, -0.2) is 22.7 Å². The Bertz CT molecular complexity index is 979. The Balaban J connectivity index is 1.64. The number of aliphatic hydroxyl groups excluding tert-OH is 1. The minimum absolute atomic E-state index is 0.177. The van der Waals surface area contributed by atoms with Crippen molar-refractivity contribution in [3.63, 3.8) is 0 Å². The average Bonchev–Trinajstić information content (AvgIpc) is 3.26. The van der Waals surface area contributed by atoms with Gasteiger partial charge in [0.05, 0.1) is 6.26 Å². The molecule has 0 saturated heterocycles. The number of aliphatic hydroxyl groups is 1. The zero-order valence-corrected chi connectivity index (χ0v) is 16.6. The molecule has 0 aliphatic heterocycles. The van der Waals surface area contributed by atoms with Gasteiger partial charge in [-0.1, -0.05) is 12.1 Å². The molecule has 0 fully saturated rings. The van der Waals surface area contributed by atoms with Gasteiger partial charge >= 0.3 is 0 Å². The smallest absolute Gasteiger partial charge is 0.185 e. The lowest BCUT2D eigenvalue weighted by Crippen LogP contribution is -2.55. The molecular weight excluding hydrogens is 385 g/mol. The number of rotatable bonds is 9. The SMILES string of the molecule is CC(O)C(N)(CCc1ccc(F)cc1)Oc1ccc(C(=O)/C=C/c2ccco2)cc1. The lowest BCUT2D eigenvalue weighted by atomic mass is 9.98. The molecule has 0 saturated carbocycles. The number of hydrogen-bond donors (Lipinski definition) is 2. The summed E-state index contributed by atoms with van der Waals surface area (Å²) in [5.41, 5.74) is 6.35. The fourth-order valence-corrected chi connectivity index (χ4v) is 2.88. The van der Waals surface area contributed by atoms with Crippen LogP contribution >= 0.6 is 0 Å². The fraction of sp³-hybridized carbons (Fsp3) is 0.208. The summed E-state index contributed by atoms with van der Waals surface area (Å²) in [6.45, 7) is 1.56. The molecule has 6 heteroatoms. The summed E-state index contributed by atoms with van der Waals surface area (Å²) in [6, 6.07) is 16.1.